The smallest absolute Gasteiger partial charge is 0.315 e. The topological polar surface area (TPSA) is 26.3 Å². The number of halogens is 2. The van der Waals surface area contributed by atoms with E-state index in [4.69, 9.17) is 4.74 Å². The number of ether oxygens (including phenoxy) is 1. The molecule has 2 nitrogen and oxygen atoms in total. The van der Waals surface area contributed by atoms with Gasteiger partial charge in [0.1, 0.15) is 5.75 Å². The van der Waals surface area contributed by atoms with Crippen molar-refractivity contribution in [1.82, 2.24) is 0 Å². The van der Waals surface area contributed by atoms with Gasteiger partial charge in [-0.3, -0.25) is 4.79 Å². The number of hydrogen-bond donors (Lipinski definition) is 0. The van der Waals surface area contributed by atoms with Crippen LogP contribution in [0.1, 0.15) is 5.56 Å². The Balaban J connectivity index is 2.08. The zero-order valence-corrected chi connectivity index (χ0v) is 12.6. The van der Waals surface area contributed by atoms with E-state index in [-0.39, 0.29) is 12.4 Å². The normalized spacial score (nSPS) is 10.1. The lowest BCUT2D eigenvalue weighted by atomic mass is 10.1. The average molecular weight is 370 g/mol. The molecule has 0 saturated carbocycles. The molecule has 0 fully saturated rings. The number of rotatable bonds is 3. The van der Waals surface area contributed by atoms with Gasteiger partial charge in [-0.1, -0.05) is 56.1 Å². The zero-order chi connectivity index (χ0) is 13.0. The van der Waals surface area contributed by atoms with Crippen LogP contribution in [0.3, 0.4) is 0 Å². The monoisotopic (exact) mass is 368 g/mol. The lowest BCUT2D eigenvalue weighted by Crippen LogP contribution is -2.11. The Hall–Kier alpha value is -1.13. The molecular weight excluding hydrogens is 360 g/mol. The summed E-state index contributed by atoms with van der Waals surface area (Å²) < 4.78 is 7.03. The van der Waals surface area contributed by atoms with Gasteiger partial charge in [-0.25, -0.2) is 0 Å². The Morgan fingerprint density at radius 2 is 1.56 bits per heavy atom. The Morgan fingerprint density at radius 3 is 2.17 bits per heavy atom. The number of benzene rings is 2. The van der Waals surface area contributed by atoms with E-state index in [2.05, 4.69) is 31.9 Å². The van der Waals surface area contributed by atoms with E-state index in [1.54, 1.807) is 12.1 Å². The first kappa shape index (κ1) is 13.3. The second-order valence-electron chi connectivity index (χ2n) is 3.66. The van der Waals surface area contributed by atoms with E-state index in [1.807, 2.05) is 36.4 Å². The lowest BCUT2D eigenvalue weighted by Gasteiger charge is -2.07. The fourth-order valence-corrected chi connectivity index (χ4v) is 2.78. The maximum absolute atomic E-state index is 11.8. The molecule has 2 rings (SSSR count). The molecule has 2 aromatic rings. The first-order chi connectivity index (χ1) is 8.66. The minimum atomic E-state index is -0.284. The van der Waals surface area contributed by atoms with Crippen LogP contribution in [0.5, 0.6) is 5.75 Å². The first-order valence-electron chi connectivity index (χ1n) is 5.35. The third-order valence-corrected chi connectivity index (χ3v) is 3.84. The number of carbonyl (C=O) groups is 1. The van der Waals surface area contributed by atoms with Gasteiger partial charge in [-0.05, 0) is 29.8 Å². The highest BCUT2D eigenvalue weighted by molar-refractivity contribution is 9.11. The second-order valence-corrected chi connectivity index (χ2v) is 5.37. The van der Waals surface area contributed by atoms with E-state index in [9.17, 15) is 4.79 Å². The van der Waals surface area contributed by atoms with E-state index in [0.717, 1.165) is 14.5 Å². The number of carbonyl (C=O) groups excluding carboxylic acids is 1. The maximum Gasteiger partial charge on any atom is 0.315 e. The summed E-state index contributed by atoms with van der Waals surface area (Å²) in [6, 6.07) is 14.8. The molecule has 0 radical (unpaired) electrons. The number of hydrogen-bond acceptors (Lipinski definition) is 2. The molecule has 0 aliphatic heterocycles. The van der Waals surface area contributed by atoms with Crippen LogP contribution in [0.15, 0.2) is 57.5 Å². The molecule has 0 aromatic heterocycles. The van der Waals surface area contributed by atoms with Crippen molar-refractivity contribution >= 4 is 37.8 Å². The number of esters is 1. The van der Waals surface area contributed by atoms with Gasteiger partial charge in [0.2, 0.25) is 0 Å². The Kier molecular flexibility index (Phi) is 4.55. The van der Waals surface area contributed by atoms with Gasteiger partial charge in [0.05, 0.1) is 6.42 Å². The molecule has 0 aliphatic rings. The largest absolute Gasteiger partial charge is 0.426 e. The van der Waals surface area contributed by atoms with Crippen molar-refractivity contribution in [3.63, 3.8) is 0 Å². The fourth-order valence-electron chi connectivity index (χ4n) is 1.50. The van der Waals surface area contributed by atoms with Gasteiger partial charge >= 0.3 is 5.97 Å². The van der Waals surface area contributed by atoms with Crippen molar-refractivity contribution in [1.29, 1.82) is 0 Å². The summed E-state index contributed by atoms with van der Waals surface area (Å²) in [5.74, 6) is 0.277. The van der Waals surface area contributed by atoms with Crippen molar-refractivity contribution in [2.45, 2.75) is 6.42 Å². The van der Waals surface area contributed by atoms with Crippen molar-refractivity contribution in [2.75, 3.05) is 0 Å². The van der Waals surface area contributed by atoms with E-state index >= 15 is 0 Å². The molecule has 0 atom stereocenters. The molecule has 0 saturated heterocycles. The molecule has 0 spiro atoms. The molecule has 4 heteroatoms. The zero-order valence-electron chi connectivity index (χ0n) is 9.40. The van der Waals surface area contributed by atoms with Gasteiger partial charge in [0.15, 0.2) is 0 Å². The molecular formula is C14H10Br2O2. The van der Waals surface area contributed by atoms with Crippen molar-refractivity contribution < 1.29 is 9.53 Å². The second kappa shape index (κ2) is 6.16. The third kappa shape index (κ3) is 3.43. The molecule has 92 valence electrons. The summed E-state index contributed by atoms with van der Waals surface area (Å²) in [6.45, 7) is 0. The lowest BCUT2D eigenvalue weighted by molar-refractivity contribution is -0.133. The summed E-state index contributed by atoms with van der Waals surface area (Å²) in [5, 5.41) is 0. The van der Waals surface area contributed by atoms with Crippen LogP contribution >= 0.6 is 31.9 Å². The van der Waals surface area contributed by atoms with Crippen LogP contribution in [-0.2, 0) is 11.2 Å². The highest BCUT2D eigenvalue weighted by atomic mass is 79.9. The Morgan fingerprint density at radius 1 is 0.944 bits per heavy atom. The first-order valence-corrected chi connectivity index (χ1v) is 6.94. The summed E-state index contributed by atoms with van der Waals surface area (Å²) >= 11 is 6.85. The molecule has 18 heavy (non-hydrogen) atoms. The summed E-state index contributed by atoms with van der Waals surface area (Å²) in [7, 11) is 0. The van der Waals surface area contributed by atoms with Gasteiger partial charge in [-0.15, -0.1) is 0 Å². The minimum Gasteiger partial charge on any atom is -0.426 e. The van der Waals surface area contributed by atoms with Crippen molar-refractivity contribution in [2.24, 2.45) is 0 Å². The Bertz CT molecular complexity index is 533. The standard InChI is InChI=1S/C14H10Br2O2/c15-12-7-4-8-13(16)11(12)9-14(17)18-10-5-2-1-3-6-10/h1-8H,9H2. The molecule has 0 bridgehead atoms. The molecule has 0 N–H and O–H groups in total. The number of para-hydroxylation sites is 1. The summed E-state index contributed by atoms with van der Waals surface area (Å²) in [4.78, 5) is 11.8. The van der Waals surface area contributed by atoms with Crippen LogP contribution in [0.4, 0.5) is 0 Å². The van der Waals surface area contributed by atoms with Crippen molar-refractivity contribution in [3.05, 3.63) is 63.0 Å². The molecule has 0 aliphatic carbocycles. The van der Waals surface area contributed by atoms with E-state index in [0.29, 0.717) is 5.75 Å². The van der Waals surface area contributed by atoms with Gasteiger partial charge in [0.25, 0.3) is 0 Å². The molecule has 0 unspecified atom stereocenters. The predicted octanol–water partition coefficient (Wildman–Crippen LogP) is 4.36. The SMILES string of the molecule is O=C(Cc1c(Br)cccc1Br)Oc1ccccc1. The van der Waals surface area contributed by atoms with Crippen LogP contribution in [0.2, 0.25) is 0 Å². The highest BCUT2D eigenvalue weighted by Crippen LogP contribution is 2.26. The van der Waals surface area contributed by atoms with Crippen LogP contribution < -0.4 is 4.74 Å². The predicted molar refractivity (Wildman–Crippen MR) is 77.6 cm³/mol. The third-order valence-electron chi connectivity index (χ3n) is 2.36. The van der Waals surface area contributed by atoms with Crippen LogP contribution in [0, 0.1) is 0 Å². The van der Waals surface area contributed by atoms with Crippen molar-refractivity contribution in [3.8, 4) is 5.75 Å². The molecule has 0 heterocycles. The molecule has 0 amide bonds. The highest BCUT2D eigenvalue weighted by Gasteiger charge is 2.11. The summed E-state index contributed by atoms with van der Waals surface area (Å²) in [5.41, 5.74) is 0.887. The molecule has 2 aromatic carbocycles. The van der Waals surface area contributed by atoms with E-state index < -0.39 is 0 Å². The van der Waals surface area contributed by atoms with Crippen LogP contribution in [-0.4, -0.2) is 5.97 Å². The summed E-state index contributed by atoms with van der Waals surface area (Å²) in [6.07, 6.45) is 0.219. The van der Waals surface area contributed by atoms with E-state index in [1.165, 1.54) is 0 Å². The van der Waals surface area contributed by atoms with Gasteiger partial charge in [0, 0.05) is 8.95 Å². The van der Waals surface area contributed by atoms with Gasteiger partial charge in [-0.2, -0.15) is 0 Å². The van der Waals surface area contributed by atoms with Gasteiger partial charge < -0.3 is 4.74 Å². The maximum atomic E-state index is 11.8. The van der Waals surface area contributed by atoms with Crippen LogP contribution in [0.25, 0.3) is 0 Å². The quantitative estimate of drug-likeness (QED) is 0.593. The average Bonchev–Trinajstić information content (AvgIpc) is 2.35. The fraction of sp³-hybridized carbons (Fsp3) is 0.0714. The minimum absolute atomic E-state index is 0.219. The Labute approximate surface area is 122 Å².